The summed E-state index contributed by atoms with van der Waals surface area (Å²) in [6.07, 6.45) is 3.79. The van der Waals surface area contributed by atoms with Crippen molar-refractivity contribution in [3.05, 3.63) is 0 Å². The molecule has 1 aliphatic heterocycles. The Balaban J connectivity index is 1.95. The van der Waals surface area contributed by atoms with E-state index in [0.29, 0.717) is 11.8 Å². The van der Waals surface area contributed by atoms with Gasteiger partial charge in [0.15, 0.2) is 0 Å². The highest BCUT2D eigenvalue weighted by Gasteiger charge is 2.41. The van der Waals surface area contributed by atoms with Gasteiger partial charge >= 0.3 is 5.97 Å². The number of hydrogen-bond acceptors (Lipinski definition) is 3. The van der Waals surface area contributed by atoms with Crippen LogP contribution >= 0.6 is 0 Å². The van der Waals surface area contributed by atoms with Crippen LogP contribution in [-0.4, -0.2) is 25.2 Å². The molecule has 3 nitrogen and oxygen atoms in total. The predicted octanol–water partition coefficient (Wildman–Crippen LogP) is 1.96. The quantitative estimate of drug-likeness (QED) is 0.746. The van der Waals surface area contributed by atoms with E-state index in [0.717, 1.165) is 19.5 Å². The SMILES string of the molecule is CC(C)(C)C(=O)O[C@@H](C1CC1)[C@H]1CCNC1. The molecule has 0 bridgehead atoms. The first-order valence-corrected chi connectivity index (χ1v) is 6.40. The smallest absolute Gasteiger partial charge is 0.311 e. The van der Waals surface area contributed by atoms with Crippen LogP contribution in [-0.2, 0) is 9.53 Å². The van der Waals surface area contributed by atoms with E-state index >= 15 is 0 Å². The first-order chi connectivity index (χ1) is 7.48. The standard InChI is InChI=1S/C13H23NO2/c1-13(2,3)12(15)16-11(9-4-5-9)10-6-7-14-8-10/h9-11,14H,4-8H2,1-3H3/t10-,11-/m0/s1. The summed E-state index contributed by atoms with van der Waals surface area (Å²) in [7, 11) is 0. The lowest BCUT2D eigenvalue weighted by molar-refractivity contribution is -0.162. The van der Waals surface area contributed by atoms with Crippen LogP contribution in [0.1, 0.15) is 40.0 Å². The number of esters is 1. The van der Waals surface area contributed by atoms with Crippen molar-refractivity contribution in [1.29, 1.82) is 0 Å². The minimum absolute atomic E-state index is 0.0451. The Morgan fingerprint density at radius 2 is 1.94 bits per heavy atom. The number of nitrogens with one attached hydrogen (secondary N) is 1. The van der Waals surface area contributed by atoms with Gasteiger partial charge < -0.3 is 10.1 Å². The fourth-order valence-electron chi connectivity index (χ4n) is 2.26. The zero-order valence-electron chi connectivity index (χ0n) is 10.6. The summed E-state index contributed by atoms with van der Waals surface area (Å²) >= 11 is 0. The van der Waals surface area contributed by atoms with E-state index in [4.69, 9.17) is 4.74 Å². The largest absolute Gasteiger partial charge is 0.461 e. The summed E-state index contributed by atoms with van der Waals surface area (Å²) in [5, 5.41) is 3.36. The van der Waals surface area contributed by atoms with Crippen molar-refractivity contribution in [2.24, 2.45) is 17.3 Å². The van der Waals surface area contributed by atoms with Crippen molar-refractivity contribution < 1.29 is 9.53 Å². The van der Waals surface area contributed by atoms with Crippen LogP contribution in [0, 0.1) is 17.3 Å². The Hall–Kier alpha value is -0.570. The zero-order chi connectivity index (χ0) is 11.8. The molecule has 1 heterocycles. The maximum atomic E-state index is 11.9. The second kappa shape index (κ2) is 4.36. The topological polar surface area (TPSA) is 38.3 Å². The Morgan fingerprint density at radius 1 is 1.25 bits per heavy atom. The molecule has 0 aromatic carbocycles. The molecule has 1 aliphatic carbocycles. The Bertz CT molecular complexity index is 260. The van der Waals surface area contributed by atoms with E-state index in [1.807, 2.05) is 20.8 Å². The fraction of sp³-hybridized carbons (Fsp3) is 0.923. The molecule has 1 saturated heterocycles. The van der Waals surface area contributed by atoms with Gasteiger partial charge in [0.1, 0.15) is 6.10 Å². The zero-order valence-corrected chi connectivity index (χ0v) is 10.6. The fourth-order valence-corrected chi connectivity index (χ4v) is 2.26. The molecular formula is C13H23NO2. The number of hydrogen-bond donors (Lipinski definition) is 1. The molecule has 1 N–H and O–H groups in total. The molecule has 0 spiro atoms. The van der Waals surface area contributed by atoms with Crippen molar-refractivity contribution in [2.75, 3.05) is 13.1 Å². The second-order valence-electron chi connectivity index (χ2n) is 6.21. The third-order valence-corrected chi connectivity index (χ3v) is 3.51. The molecule has 16 heavy (non-hydrogen) atoms. The summed E-state index contributed by atoms with van der Waals surface area (Å²) in [5.41, 5.74) is -0.376. The summed E-state index contributed by atoms with van der Waals surface area (Å²) in [6, 6.07) is 0. The molecule has 2 atom stereocenters. The Morgan fingerprint density at radius 3 is 2.38 bits per heavy atom. The van der Waals surface area contributed by atoms with E-state index in [-0.39, 0.29) is 17.5 Å². The number of rotatable bonds is 3. The third kappa shape index (κ3) is 2.76. The van der Waals surface area contributed by atoms with Crippen molar-refractivity contribution in [2.45, 2.75) is 46.1 Å². The Labute approximate surface area is 97.9 Å². The van der Waals surface area contributed by atoms with Crippen LogP contribution in [0.5, 0.6) is 0 Å². The first-order valence-electron chi connectivity index (χ1n) is 6.40. The van der Waals surface area contributed by atoms with Crippen molar-refractivity contribution >= 4 is 5.97 Å². The first kappa shape index (κ1) is 11.9. The molecular weight excluding hydrogens is 202 g/mol. The molecule has 2 aliphatic rings. The lowest BCUT2D eigenvalue weighted by atomic mass is 9.94. The van der Waals surface area contributed by atoms with Crippen LogP contribution in [0.3, 0.4) is 0 Å². The van der Waals surface area contributed by atoms with Crippen molar-refractivity contribution in [3.8, 4) is 0 Å². The van der Waals surface area contributed by atoms with Crippen LogP contribution in [0.2, 0.25) is 0 Å². The van der Waals surface area contributed by atoms with Gasteiger partial charge in [-0.3, -0.25) is 4.79 Å². The molecule has 92 valence electrons. The minimum Gasteiger partial charge on any atom is -0.461 e. The Kier molecular flexibility index (Phi) is 3.24. The maximum Gasteiger partial charge on any atom is 0.311 e. The van der Waals surface area contributed by atoms with Gasteiger partial charge in [0.2, 0.25) is 0 Å². The van der Waals surface area contributed by atoms with Crippen LogP contribution < -0.4 is 5.32 Å². The molecule has 1 saturated carbocycles. The van der Waals surface area contributed by atoms with Crippen molar-refractivity contribution in [1.82, 2.24) is 5.32 Å². The second-order valence-corrected chi connectivity index (χ2v) is 6.21. The summed E-state index contributed by atoms with van der Waals surface area (Å²) in [5.74, 6) is 1.13. The average Bonchev–Trinajstić information content (AvgIpc) is 2.88. The third-order valence-electron chi connectivity index (χ3n) is 3.51. The van der Waals surface area contributed by atoms with Gasteiger partial charge in [-0.25, -0.2) is 0 Å². The van der Waals surface area contributed by atoms with Gasteiger partial charge in [-0.15, -0.1) is 0 Å². The highest BCUT2D eigenvalue weighted by atomic mass is 16.5. The molecule has 0 aromatic rings. The summed E-state index contributed by atoms with van der Waals surface area (Å²) in [4.78, 5) is 11.9. The highest BCUT2D eigenvalue weighted by Crippen LogP contribution is 2.40. The lowest BCUT2D eigenvalue weighted by Crippen LogP contribution is -2.35. The van der Waals surface area contributed by atoms with E-state index in [9.17, 15) is 4.79 Å². The van der Waals surface area contributed by atoms with Gasteiger partial charge in [0.05, 0.1) is 5.41 Å². The average molecular weight is 225 g/mol. The molecule has 0 unspecified atom stereocenters. The molecule has 0 amide bonds. The number of carbonyl (C=O) groups excluding carboxylic acids is 1. The van der Waals surface area contributed by atoms with Gasteiger partial charge in [0, 0.05) is 12.5 Å². The van der Waals surface area contributed by atoms with Crippen LogP contribution in [0.25, 0.3) is 0 Å². The molecule has 2 rings (SSSR count). The molecule has 0 radical (unpaired) electrons. The normalized spacial score (nSPS) is 27.8. The van der Waals surface area contributed by atoms with Gasteiger partial charge in [-0.1, -0.05) is 0 Å². The summed E-state index contributed by atoms with van der Waals surface area (Å²) < 4.78 is 5.74. The minimum atomic E-state index is -0.376. The molecule has 0 aromatic heterocycles. The predicted molar refractivity (Wildman–Crippen MR) is 63.0 cm³/mol. The molecule has 2 fully saturated rings. The van der Waals surface area contributed by atoms with E-state index in [1.165, 1.54) is 12.8 Å². The van der Waals surface area contributed by atoms with E-state index in [1.54, 1.807) is 0 Å². The van der Waals surface area contributed by atoms with Crippen LogP contribution in [0.15, 0.2) is 0 Å². The number of carbonyl (C=O) groups is 1. The highest BCUT2D eigenvalue weighted by molar-refractivity contribution is 5.75. The maximum absolute atomic E-state index is 11.9. The monoisotopic (exact) mass is 225 g/mol. The van der Waals surface area contributed by atoms with E-state index in [2.05, 4.69) is 5.32 Å². The summed E-state index contributed by atoms with van der Waals surface area (Å²) in [6.45, 7) is 7.85. The number of ether oxygens (including phenoxy) is 1. The van der Waals surface area contributed by atoms with Crippen molar-refractivity contribution in [3.63, 3.8) is 0 Å². The van der Waals surface area contributed by atoms with Gasteiger partial charge in [-0.05, 0) is 52.5 Å². The van der Waals surface area contributed by atoms with Gasteiger partial charge in [-0.2, -0.15) is 0 Å². The van der Waals surface area contributed by atoms with Crippen LogP contribution in [0.4, 0.5) is 0 Å². The van der Waals surface area contributed by atoms with E-state index < -0.39 is 0 Å². The molecule has 3 heteroatoms. The lowest BCUT2D eigenvalue weighted by Gasteiger charge is -2.27. The van der Waals surface area contributed by atoms with Gasteiger partial charge in [0.25, 0.3) is 0 Å².